The number of rotatable bonds is 5. The average molecular weight is 459 g/mol. The largest absolute Gasteiger partial charge is 0.456 e. The zero-order valence-electron chi connectivity index (χ0n) is 19.7. The maximum absolute atomic E-state index is 11.3. The van der Waals surface area contributed by atoms with Crippen LogP contribution < -0.4 is 10.1 Å². The van der Waals surface area contributed by atoms with Crippen molar-refractivity contribution in [3.63, 3.8) is 0 Å². The third-order valence-electron chi connectivity index (χ3n) is 6.09. The minimum absolute atomic E-state index is 0.0289. The molecule has 0 aliphatic carbocycles. The Morgan fingerprint density at radius 3 is 2.20 bits per heavy atom. The molecule has 1 aliphatic heterocycles. The van der Waals surface area contributed by atoms with Crippen molar-refractivity contribution in [2.24, 2.45) is 4.99 Å². The molecule has 1 unspecified atom stereocenters. The SMILES string of the molecule is CC(=O)Nc1ccc(N=CC2=C(c3ccccc3)Oc3ccccc3C2c2ccccc2C)cc1. The maximum atomic E-state index is 11.3. The monoisotopic (exact) mass is 458 g/mol. The molecule has 0 saturated heterocycles. The molecule has 35 heavy (non-hydrogen) atoms. The van der Waals surface area contributed by atoms with E-state index >= 15 is 0 Å². The van der Waals surface area contributed by atoms with Gasteiger partial charge in [0.1, 0.15) is 11.5 Å². The first-order valence-corrected chi connectivity index (χ1v) is 11.6. The summed E-state index contributed by atoms with van der Waals surface area (Å²) < 4.78 is 6.51. The van der Waals surface area contributed by atoms with Crippen molar-refractivity contribution in [2.45, 2.75) is 19.8 Å². The third kappa shape index (κ3) is 4.78. The van der Waals surface area contributed by atoms with E-state index in [0.717, 1.165) is 39.6 Å². The molecule has 4 nitrogen and oxygen atoms in total. The zero-order chi connectivity index (χ0) is 24.2. The van der Waals surface area contributed by atoms with Gasteiger partial charge in [0.2, 0.25) is 5.91 Å². The number of anilines is 1. The van der Waals surface area contributed by atoms with Crippen LogP contribution in [0, 0.1) is 6.92 Å². The van der Waals surface area contributed by atoms with Crippen LogP contribution in [-0.2, 0) is 4.79 Å². The van der Waals surface area contributed by atoms with Crippen LogP contribution in [0.2, 0.25) is 0 Å². The maximum Gasteiger partial charge on any atom is 0.221 e. The molecule has 0 bridgehead atoms. The third-order valence-corrected chi connectivity index (χ3v) is 6.09. The number of aryl methyl sites for hydroxylation is 1. The lowest BCUT2D eigenvalue weighted by Crippen LogP contribution is -2.18. The highest BCUT2D eigenvalue weighted by Crippen LogP contribution is 2.45. The van der Waals surface area contributed by atoms with Crippen molar-refractivity contribution >= 4 is 29.3 Å². The summed E-state index contributed by atoms with van der Waals surface area (Å²) in [6.45, 7) is 3.64. The highest BCUT2D eigenvalue weighted by Gasteiger charge is 2.31. The summed E-state index contributed by atoms with van der Waals surface area (Å²) >= 11 is 0. The smallest absolute Gasteiger partial charge is 0.221 e. The predicted octanol–water partition coefficient (Wildman–Crippen LogP) is 7.29. The summed E-state index contributed by atoms with van der Waals surface area (Å²) in [6, 6.07) is 34.3. The van der Waals surface area contributed by atoms with E-state index in [-0.39, 0.29) is 11.8 Å². The van der Waals surface area contributed by atoms with Crippen LogP contribution >= 0.6 is 0 Å². The van der Waals surface area contributed by atoms with Gasteiger partial charge in [-0.15, -0.1) is 0 Å². The molecule has 1 atom stereocenters. The van der Waals surface area contributed by atoms with E-state index in [4.69, 9.17) is 9.73 Å². The number of carbonyl (C=O) groups excluding carboxylic acids is 1. The van der Waals surface area contributed by atoms with E-state index in [1.54, 1.807) is 0 Å². The van der Waals surface area contributed by atoms with Gasteiger partial charge in [0.05, 0.1) is 5.69 Å². The zero-order valence-corrected chi connectivity index (χ0v) is 19.7. The van der Waals surface area contributed by atoms with Gasteiger partial charge in [-0.2, -0.15) is 0 Å². The summed E-state index contributed by atoms with van der Waals surface area (Å²) in [5.41, 5.74) is 7.09. The van der Waals surface area contributed by atoms with Crippen LogP contribution in [0.5, 0.6) is 5.75 Å². The topological polar surface area (TPSA) is 50.7 Å². The molecular weight excluding hydrogens is 432 g/mol. The fraction of sp³-hybridized carbons (Fsp3) is 0.0968. The number of hydrogen-bond donors (Lipinski definition) is 1. The molecule has 0 radical (unpaired) electrons. The summed E-state index contributed by atoms with van der Waals surface area (Å²) in [4.78, 5) is 16.2. The van der Waals surface area contributed by atoms with Crippen LogP contribution in [0.1, 0.15) is 35.1 Å². The molecule has 4 heteroatoms. The summed E-state index contributed by atoms with van der Waals surface area (Å²) in [5.74, 6) is 1.53. The van der Waals surface area contributed by atoms with Crippen molar-refractivity contribution in [1.82, 2.24) is 0 Å². The lowest BCUT2D eigenvalue weighted by Gasteiger charge is -2.30. The van der Waals surface area contributed by atoms with Crippen LogP contribution in [0.3, 0.4) is 0 Å². The van der Waals surface area contributed by atoms with Gasteiger partial charge in [-0.3, -0.25) is 9.79 Å². The van der Waals surface area contributed by atoms with Crippen molar-refractivity contribution in [3.05, 3.63) is 131 Å². The number of nitrogens with zero attached hydrogens (tertiary/aromatic N) is 1. The van der Waals surface area contributed by atoms with Gasteiger partial charge in [0.15, 0.2) is 0 Å². The fourth-order valence-corrected chi connectivity index (χ4v) is 4.45. The number of hydrogen-bond acceptors (Lipinski definition) is 3. The van der Waals surface area contributed by atoms with Crippen LogP contribution in [0.4, 0.5) is 11.4 Å². The number of carbonyl (C=O) groups is 1. The normalized spacial score (nSPS) is 15.0. The van der Waals surface area contributed by atoms with Gasteiger partial charge in [0.25, 0.3) is 0 Å². The van der Waals surface area contributed by atoms with Crippen LogP contribution in [0.15, 0.2) is 114 Å². The quantitative estimate of drug-likeness (QED) is 0.319. The van der Waals surface area contributed by atoms with Gasteiger partial charge >= 0.3 is 0 Å². The van der Waals surface area contributed by atoms with Crippen LogP contribution in [0.25, 0.3) is 5.76 Å². The minimum Gasteiger partial charge on any atom is -0.456 e. The first-order chi connectivity index (χ1) is 17.1. The molecule has 1 heterocycles. The van der Waals surface area contributed by atoms with E-state index in [2.05, 4.69) is 60.8 Å². The molecule has 0 spiro atoms. The molecule has 0 fully saturated rings. The molecule has 5 rings (SSSR count). The Hall–Kier alpha value is -4.44. The fourth-order valence-electron chi connectivity index (χ4n) is 4.45. The molecule has 172 valence electrons. The standard InChI is InChI=1S/C31H26N2O2/c1-21-10-6-7-13-26(21)30-27-14-8-9-15-29(27)35-31(23-11-4-3-5-12-23)28(30)20-32-24-16-18-25(19-17-24)33-22(2)34/h3-20,30H,1-2H3,(H,33,34). The number of amides is 1. The van der Waals surface area contributed by atoms with E-state index in [9.17, 15) is 4.79 Å². The summed E-state index contributed by atoms with van der Waals surface area (Å²) in [6.07, 6.45) is 1.92. The van der Waals surface area contributed by atoms with Crippen molar-refractivity contribution in [2.75, 3.05) is 5.32 Å². The average Bonchev–Trinajstić information content (AvgIpc) is 2.88. The Bertz CT molecular complexity index is 1420. The van der Waals surface area contributed by atoms with E-state index < -0.39 is 0 Å². The first-order valence-electron chi connectivity index (χ1n) is 11.6. The number of aliphatic imine (C=N–C) groups is 1. The second-order valence-corrected chi connectivity index (χ2v) is 8.57. The Morgan fingerprint density at radius 1 is 0.829 bits per heavy atom. The van der Waals surface area contributed by atoms with Crippen molar-refractivity contribution < 1.29 is 9.53 Å². The van der Waals surface area contributed by atoms with Crippen molar-refractivity contribution in [1.29, 1.82) is 0 Å². The Labute approximate surface area is 205 Å². The van der Waals surface area contributed by atoms with Gasteiger partial charge in [-0.05, 0) is 48.4 Å². The highest BCUT2D eigenvalue weighted by atomic mass is 16.5. The minimum atomic E-state index is -0.0991. The molecule has 1 aliphatic rings. The lowest BCUT2D eigenvalue weighted by atomic mass is 9.80. The lowest BCUT2D eigenvalue weighted by molar-refractivity contribution is -0.114. The predicted molar refractivity (Wildman–Crippen MR) is 142 cm³/mol. The first kappa shape index (κ1) is 22.4. The molecular formula is C31H26N2O2. The molecule has 1 N–H and O–H groups in total. The summed E-state index contributed by atoms with van der Waals surface area (Å²) in [5, 5.41) is 2.79. The van der Waals surface area contributed by atoms with E-state index in [0.29, 0.717) is 0 Å². The second-order valence-electron chi connectivity index (χ2n) is 8.57. The number of nitrogens with one attached hydrogen (secondary N) is 1. The number of para-hydroxylation sites is 1. The summed E-state index contributed by atoms with van der Waals surface area (Å²) in [7, 11) is 0. The number of allylic oxidation sites excluding steroid dienone is 1. The number of ether oxygens (including phenoxy) is 1. The molecule has 1 amide bonds. The van der Waals surface area contributed by atoms with E-state index in [1.807, 2.05) is 60.8 Å². The van der Waals surface area contributed by atoms with Gasteiger partial charge in [-0.1, -0.05) is 72.8 Å². The molecule has 4 aromatic carbocycles. The Balaban J connectivity index is 1.66. The Morgan fingerprint density at radius 2 is 1.49 bits per heavy atom. The molecule has 0 saturated carbocycles. The van der Waals surface area contributed by atoms with Gasteiger partial charge < -0.3 is 10.1 Å². The van der Waals surface area contributed by atoms with Gasteiger partial charge in [-0.25, -0.2) is 0 Å². The van der Waals surface area contributed by atoms with Crippen LogP contribution in [-0.4, -0.2) is 12.1 Å². The second kappa shape index (κ2) is 9.82. The van der Waals surface area contributed by atoms with E-state index in [1.165, 1.54) is 18.1 Å². The Kier molecular flexibility index (Phi) is 6.27. The van der Waals surface area contributed by atoms with Crippen molar-refractivity contribution in [3.8, 4) is 5.75 Å². The highest BCUT2D eigenvalue weighted by molar-refractivity contribution is 5.95. The number of benzene rings is 4. The molecule has 0 aromatic heterocycles. The molecule has 4 aromatic rings. The van der Waals surface area contributed by atoms with Gasteiger partial charge in [0, 0.05) is 41.4 Å². The number of fused-ring (bicyclic) bond motifs is 1.